The molecule has 0 heterocycles. The van der Waals surface area contributed by atoms with Gasteiger partial charge >= 0.3 is 0 Å². The van der Waals surface area contributed by atoms with Crippen molar-refractivity contribution in [1.82, 2.24) is 0 Å². The van der Waals surface area contributed by atoms with Crippen molar-refractivity contribution in [2.75, 3.05) is 0 Å². The fraction of sp³-hybridized carbons (Fsp3) is 0.556. The van der Waals surface area contributed by atoms with Gasteiger partial charge in [-0.15, -0.1) is 0 Å². The molecule has 0 aromatic rings. The van der Waals surface area contributed by atoms with Gasteiger partial charge in [-0.3, -0.25) is 0 Å². The van der Waals surface area contributed by atoms with Crippen LogP contribution in [0.1, 0.15) is 25.7 Å². The lowest BCUT2D eigenvalue weighted by molar-refractivity contribution is 0.756. The first-order chi connectivity index (χ1) is 5.27. The van der Waals surface area contributed by atoms with E-state index in [0.29, 0.717) is 0 Å². The molecular formula is C9H12ClN. The standard InChI is InChI=1S/C9H12ClN/c10-7-3-1-6-2-4-9(11)8(6)5-7/h5,9H,1-4,11H2. The molecule has 0 bridgehead atoms. The second kappa shape index (κ2) is 2.65. The summed E-state index contributed by atoms with van der Waals surface area (Å²) in [5, 5.41) is 0.973. The van der Waals surface area contributed by atoms with Crippen LogP contribution >= 0.6 is 11.6 Å². The minimum atomic E-state index is 0.263. The number of hydrogen-bond acceptors (Lipinski definition) is 1. The third-order valence-electron chi connectivity index (χ3n) is 2.54. The van der Waals surface area contributed by atoms with E-state index in [2.05, 4.69) is 6.08 Å². The molecule has 2 aliphatic carbocycles. The summed E-state index contributed by atoms with van der Waals surface area (Å²) < 4.78 is 0. The predicted octanol–water partition coefficient (Wildman–Crippen LogP) is 2.32. The summed E-state index contributed by atoms with van der Waals surface area (Å²) in [5.41, 5.74) is 8.75. The minimum Gasteiger partial charge on any atom is -0.324 e. The van der Waals surface area contributed by atoms with Crippen LogP contribution in [0.5, 0.6) is 0 Å². The Morgan fingerprint density at radius 1 is 1.36 bits per heavy atom. The van der Waals surface area contributed by atoms with Crippen LogP contribution in [0.2, 0.25) is 0 Å². The van der Waals surface area contributed by atoms with E-state index < -0.39 is 0 Å². The first-order valence-electron chi connectivity index (χ1n) is 4.11. The molecule has 0 radical (unpaired) electrons. The number of rotatable bonds is 0. The number of nitrogens with two attached hydrogens (primary N) is 1. The Labute approximate surface area is 71.9 Å². The summed E-state index contributed by atoms with van der Waals surface area (Å²) in [7, 11) is 0. The average molecular weight is 170 g/mol. The van der Waals surface area contributed by atoms with Gasteiger partial charge in [0.1, 0.15) is 0 Å². The summed E-state index contributed by atoms with van der Waals surface area (Å²) >= 11 is 5.92. The molecule has 0 saturated carbocycles. The molecule has 2 aliphatic rings. The van der Waals surface area contributed by atoms with Crippen LogP contribution in [0.4, 0.5) is 0 Å². The summed E-state index contributed by atoms with van der Waals surface area (Å²) in [4.78, 5) is 0. The third-order valence-corrected chi connectivity index (χ3v) is 2.84. The zero-order valence-electron chi connectivity index (χ0n) is 6.44. The van der Waals surface area contributed by atoms with Crippen LogP contribution in [0.3, 0.4) is 0 Å². The molecule has 60 valence electrons. The van der Waals surface area contributed by atoms with E-state index in [0.717, 1.165) is 24.3 Å². The maximum Gasteiger partial charge on any atom is 0.0297 e. The van der Waals surface area contributed by atoms with E-state index in [1.165, 1.54) is 12.0 Å². The van der Waals surface area contributed by atoms with E-state index in [1.807, 2.05) is 0 Å². The molecule has 2 heteroatoms. The maximum atomic E-state index is 5.92. The molecule has 2 N–H and O–H groups in total. The van der Waals surface area contributed by atoms with E-state index in [9.17, 15) is 0 Å². The Morgan fingerprint density at radius 2 is 2.18 bits per heavy atom. The van der Waals surface area contributed by atoms with E-state index in [4.69, 9.17) is 17.3 Å². The fourth-order valence-electron chi connectivity index (χ4n) is 1.88. The van der Waals surface area contributed by atoms with Gasteiger partial charge in [0, 0.05) is 11.1 Å². The van der Waals surface area contributed by atoms with Gasteiger partial charge in [-0.1, -0.05) is 17.2 Å². The lowest BCUT2D eigenvalue weighted by atomic mass is 9.99. The van der Waals surface area contributed by atoms with Crippen molar-refractivity contribution in [2.24, 2.45) is 5.73 Å². The summed E-state index contributed by atoms with van der Waals surface area (Å²) in [6.07, 6.45) is 6.53. The number of hydrogen-bond donors (Lipinski definition) is 1. The predicted molar refractivity (Wildman–Crippen MR) is 47.4 cm³/mol. The van der Waals surface area contributed by atoms with Gasteiger partial charge in [0.05, 0.1) is 0 Å². The molecule has 1 nitrogen and oxygen atoms in total. The Balaban J connectivity index is 2.31. The molecule has 0 aromatic heterocycles. The van der Waals surface area contributed by atoms with Crippen LogP contribution in [0.15, 0.2) is 22.3 Å². The van der Waals surface area contributed by atoms with Crippen LogP contribution in [0.25, 0.3) is 0 Å². The van der Waals surface area contributed by atoms with Gasteiger partial charge in [-0.25, -0.2) is 0 Å². The van der Waals surface area contributed by atoms with Crippen LogP contribution in [-0.4, -0.2) is 6.04 Å². The maximum absolute atomic E-state index is 5.92. The van der Waals surface area contributed by atoms with Crippen LogP contribution in [-0.2, 0) is 0 Å². The zero-order chi connectivity index (χ0) is 7.84. The summed E-state index contributed by atoms with van der Waals surface area (Å²) in [5.74, 6) is 0. The smallest absolute Gasteiger partial charge is 0.0297 e. The highest BCUT2D eigenvalue weighted by Crippen LogP contribution is 2.35. The highest BCUT2D eigenvalue weighted by atomic mass is 35.5. The van der Waals surface area contributed by atoms with E-state index in [1.54, 1.807) is 5.57 Å². The normalized spacial score (nSPS) is 30.4. The lowest BCUT2D eigenvalue weighted by Crippen LogP contribution is -2.18. The van der Waals surface area contributed by atoms with E-state index in [-0.39, 0.29) is 6.04 Å². The summed E-state index contributed by atoms with van der Waals surface area (Å²) in [6.45, 7) is 0. The van der Waals surface area contributed by atoms with Crippen molar-refractivity contribution >= 4 is 11.6 Å². The molecule has 0 aromatic carbocycles. The fourth-order valence-corrected chi connectivity index (χ4v) is 2.09. The highest BCUT2D eigenvalue weighted by Gasteiger charge is 2.23. The molecule has 11 heavy (non-hydrogen) atoms. The molecule has 1 unspecified atom stereocenters. The third kappa shape index (κ3) is 1.23. The molecular weight excluding hydrogens is 158 g/mol. The van der Waals surface area contributed by atoms with Gasteiger partial charge in [0.2, 0.25) is 0 Å². The van der Waals surface area contributed by atoms with Crippen molar-refractivity contribution in [1.29, 1.82) is 0 Å². The first kappa shape index (κ1) is 7.38. The first-order valence-corrected chi connectivity index (χ1v) is 4.49. The number of allylic oxidation sites excluding steroid dienone is 2. The molecule has 0 fully saturated rings. The second-order valence-corrected chi connectivity index (χ2v) is 3.78. The van der Waals surface area contributed by atoms with Gasteiger partial charge in [-0.2, -0.15) is 0 Å². The Kier molecular flexibility index (Phi) is 1.78. The Bertz CT molecular complexity index is 240. The van der Waals surface area contributed by atoms with E-state index >= 15 is 0 Å². The van der Waals surface area contributed by atoms with Gasteiger partial charge in [-0.05, 0) is 37.3 Å². The Morgan fingerprint density at radius 3 is 3.00 bits per heavy atom. The molecule has 1 atom stereocenters. The zero-order valence-corrected chi connectivity index (χ0v) is 7.19. The van der Waals surface area contributed by atoms with Gasteiger partial charge < -0.3 is 5.73 Å². The summed E-state index contributed by atoms with van der Waals surface area (Å²) in [6, 6.07) is 0.263. The van der Waals surface area contributed by atoms with Crippen molar-refractivity contribution in [3.63, 3.8) is 0 Å². The Hall–Kier alpha value is -0.270. The molecule has 2 rings (SSSR count). The van der Waals surface area contributed by atoms with Crippen molar-refractivity contribution in [2.45, 2.75) is 31.7 Å². The van der Waals surface area contributed by atoms with Crippen molar-refractivity contribution in [3.05, 3.63) is 22.3 Å². The second-order valence-electron chi connectivity index (χ2n) is 3.30. The van der Waals surface area contributed by atoms with Crippen molar-refractivity contribution in [3.8, 4) is 0 Å². The topological polar surface area (TPSA) is 26.0 Å². The molecule has 0 aliphatic heterocycles. The quantitative estimate of drug-likeness (QED) is 0.592. The largest absolute Gasteiger partial charge is 0.324 e. The molecule has 0 spiro atoms. The average Bonchev–Trinajstić information content (AvgIpc) is 2.33. The molecule has 0 saturated heterocycles. The highest BCUT2D eigenvalue weighted by molar-refractivity contribution is 6.29. The SMILES string of the molecule is NC1CCC2=C1C=C(Cl)CC2. The monoisotopic (exact) mass is 169 g/mol. The lowest BCUT2D eigenvalue weighted by Gasteiger charge is -2.12. The minimum absolute atomic E-state index is 0.263. The van der Waals surface area contributed by atoms with Crippen molar-refractivity contribution < 1.29 is 0 Å². The van der Waals surface area contributed by atoms with Crippen LogP contribution in [0, 0.1) is 0 Å². The van der Waals surface area contributed by atoms with Crippen LogP contribution < -0.4 is 5.73 Å². The van der Waals surface area contributed by atoms with Gasteiger partial charge in [0.15, 0.2) is 0 Å². The van der Waals surface area contributed by atoms with Gasteiger partial charge in [0.25, 0.3) is 0 Å². The number of halogens is 1. The molecule has 0 amide bonds.